The number of ether oxygens (including phenoxy) is 10. The van der Waals surface area contributed by atoms with Gasteiger partial charge < -0.3 is 68.2 Å². The van der Waals surface area contributed by atoms with Crippen molar-refractivity contribution in [1.29, 1.82) is 0 Å². The molecule has 0 saturated carbocycles. The van der Waals surface area contributed by atoms with E-state index in [0.29, 0.717) is 72.2 Å². The summed E-state index contributed by atoms with van der Waals surface area (Å²) in [5.41, 5.74) is 3.42. The van der Waals surface area contributed by atoms with E-state index in [9.17, 15) is 10.2 Å². The second-order valence-electron chi connectivity index (χ2n) is 12.6. The first-order valence-corrected chi connectivity index (χ1v) is 17.2. The summed E-state index contributed by atoms with van der Waals surface area (Å²) in [6.07, 6.45) is -2.51. The first-order valence-electron chi connectivity index (χ1n) is 17.2. The first-order chi connectivity index (χ1) is 25.6. The van der Waals surface area contributed by atoms with E-state index in [1.807, 2.05) is 72.8 Å². The molecule has 8 rings (SSSR count). The molecular weight excluding hydrogens is 676 g/mol. The molecule has 4 aliphatic rings. The molecule has 274 valence electrons. The van der Waals surface area contributed by atoms with Gasteiger partial charge in [-0.05, 0) is 70.8 Å². The normalized spacial score (nSPS) is 15.8. The van der Waals surface area contributed by atoms with Crippen LogP contribution in [0, 0.1) is 0 Å². The Hall–Kier alpha value is -4.96. The Bertz CT molecular complexity index is 1610. The van der Waals surface area contributed by atoms with Gasteiger partial charge in [0.1, 0.15) is 12.2 Å². The standard InChI is InChI=1S/C38H40N2O12/c41-27(17-43-37(23-1-5-29-33(11-23)49-19-45-29)24-2-6-30-34(12-24)50-20-46-30)15-39-9-10-40-16-28(42)18-44-38(25-3-7-31-35(13-25)51-21-47-31)26-4-8-32-36(14-26)52-22-48-32/h1-8,11-14,27-28,37-42H,9-10,15-22H2/t27-,28-/m1/s1. The Morgan fingerprint density at radius 1 is 0.442 bits per heavy atom. The van der Waals surface area contributed by atoms with Gasteiger partial charge in [-0.3, -0.25) is 0 Å². The van der Waals surface area contributed by atoms with Crippen LogP contribution in [0.5, 0.6) is 46.0 Å². The molecule has 0 aromatic heterocycles. The molecule has 14 heteroatoms. The van der Waals surface area contributed by atoms with E-state index in [1.165, 1.54) is 0 Å². The third-order valence-corrected chi connectivity index (χ3v) is 8.95. The Balaban J connectivity index is 0.792. The summed E-state index contributed by atoms with van der Waals surface area (Å²) in [5.74, 6) is 5.30. The van der Waals surface area contributed by atoms with Crippen LogP contribution in [0.15, 0.2) is 72.8 Å². The van der Waals surface area contributed by atoms with E-state index < -0.39 is 24.4 Å². The lowest BCUT2D eigenvalue weighted by molar-refractivity contribution is 0.00535. The summed E-state index contributed by atoms with van der Waals surface area (Å²) >= 11 is 0. The zero-order chi connectivity index (χ0) is 35.3. The van der Waals surface area contributed by atoms with Gasteiger partial charge in [0, 0.05) is 26.2 Å². The SMILES string of the molecule is O[C@H](CNCCNC[C@@H](O)COC(c1ccc2c(c1)OCO2)c1ccc2c(c1)OCO2)COC(c1ccc2c(c1)OCO2)c1ccc2c(c1)OCO2. The van der Waals surface area contributed by atoms with Crippen molar-refractivity contribution in [2.45, 2.75) is 24.4 Å². The van der Waals surface area contributed by atoms with Gasteiger partial charge in [0.25, 0.3) is 0 Å². The topological polar surface area (TPSA) is 157 Å². The largest absolute Gasteiger partial charge is 0.454 e. The monoisotopic (exact) mass is 716 g/mol. The highest BCUT2D eigenvalue weighted by atomic mass is 16.7. The van der Waals surface area contributed by atoms with E-state index in [-0.39, 0.29) is 40.4 Å². The first kappa shape index (κ1) is 34.1. The van der Waals surface area contributed by atoms with Crippen LogP contribution >= 0.6 is 0 Å². The highest BCUT2D eigenvalue weighted by Crippen LogP contribution is 2.42. The van der Waals surface area contributed by atoms with Crippen molar-refractivity contribution in [2.75, 3.05) is 66.6 Å². The molecule has 4 aromatic rings. The van der Waals surface area contributed by atoms with Gasteiger partial charge in [-0.25, -0.2) is 0 Å². The van der Waals surface area contributed by atoms with Crippen LogP contribution in [0.4, 0.5) is 0 Å². The minimum atomic E-state index is -0.770. The van der Waals surface area contributed by atoms with Gasteiger partial charge in [-0.15, -0.1) is 0 Å². The van der Waals surface area contributed by atoms with Crippen molar-refractivity contribution >= 4 is 0 Å². The van der Waals surface area contributed by atoms with Gasteiger partial charge in [0.05, 0.1) is 25.4 Å². The highest BCUT2D eigenvalue weighted by Gasteiger charge is 2.26. The second-order valence-corrected chi connectivity index (χ2v) is 12.6. The molecule has 0 fully saturated rings. The second kappa shape index (κ2) is 15.7. The van der Waals surface area contributed by atoms with Gasteiger partial charge in [0.2, 0.25) is 27.2 Å². The predicted octanol–water partition coefficient (Wildman–Crippen LogP) is 3.41. The molecule has 14 nitrogen and oxygen atoms in total. The number of hydrogen-bond acceptors (Lipinski definition) is 14. The molecule has 4 N–H and O–H groups in total. The van der Waals surface area contributed by atoms with Crippen molar-refractivity contribution in [3.8, 4) is 46.0 Å². The van der Waals surface area contributed by atoms with Gasteiger partial charge in [-0.2, -0.15) is 0 Å². The number of rotatable bonds is 17. The minimum Gasteiger partial charge on any atom is -0.454 e. The third kappa shape index (κ3) is 7.77. The molecule has 0 unspecified atom stereocenters. The van der Waals surface area contributed by atoms with Crippen LogP contribution in [0.2, 0.25) is 0 Å². The Kier molecular flexibility index (Phi) is 10.3. The number of nitrogens with one attached hydrogen (secondary N) is 2. The van der Waals surface area contributed by atoms with Crippen LogP contribution in [0.3, 0.4) is 0 Å². The lowest BCUT2D eigenvalue weighted by Crippen LogP contribution is -2.38. The van der Waals surface area contributed by atoms with Crippen LogP contribution in [-0.2, 0) is 9.47 Å². The van der Waals surface area contributed by atoms with Gasteiger partial charge in [-0.1, -0.05) is 24.3 Å². The third-order valence-electron chi connectivity index (χ3n) is 8.95. The van der Waals surface area contributed by atoms with Crippen molar-refractivity contribution in [1.82, 2.24) is 10.6 Å². The fourth-order valence-corrected chi connectivity index (χ4v) is 6.32. The molecule has 52 heavy (non-hydrogen) atoms. The maximum Gasteiger partial charge on any atom is 0.231 e. The Labute approximate surface area is 300 Å². The summed E-state index contributed by atoms with van der Waals surface area (Å²) < 4.78 is 56.8. The molecule has 0 amide bonds. The summed E-state index contributed by atoms with van der Waals surface area (Å²) in [5, 5.41) is 28.0. The Morgan fingerprint density at radius 2 is 0.731 bits per heavy atom. The Morgan fingerprint density at radius 3 is 1.04 bits per heavy atom. The molecule has 0 aliphatic carbocycles. The van der Waals surface area contributed by atoms with Gasteiger partial charge in [0.15, 0.2) is 46.0 Å². The van der Waals surface area contributed by atoms with Crippen LogP contribution < -0.4 is 48.5 Å². The van der Waals surface area contributed by atoms with Crippen LogP contribution in [0.1, 0.15) is 34.5 Å². The van der Waals surface area contributed by atoms with Crippen LogP contribution in [-0.4, -0.2) is 89.0 Å². The van der Waals surface area contributed by atoms with Crippen LogP contribution in [0.25, 0.3) is 0 Å². The van der Waals surface area contributed by atoms with Crippen molar-refractivity contribution in [3.63, 3.8) is 0 Å². The van der Waals surface area contributed by atoms with Gasteiger partial charge >= 0.3 is 0 Å². The minimum absolute atomic E-state index is 0.0813. The fourth-order valence-electron chi connectivity index (χ4n) is 6.32. The van der Waals surface area contributed by atoms with Crippen molar-refractivity contribution in [3.05, 3.63) is 95.1 Å². The highest BCUT2D eigenvalue weighted by molar-refractivity contribution is 5.51. The summed E-state index contributed by atoms with van der Waals surface area (Å²) in [6.45, 7) is 2.61. The van der Waals surface area contributed by atoms with E-state index in [2.05, 4.69) is 10.6 Å². The predicted molar refractivity (Wildman–Crippen MR) is 184 cm³/mol. The van der Waals surface area contributed by atoms with E-state index in [4.69, 9.17) is 47.4 Å². The lowest BCUT2D eigenvalue weighted by atomic mass is 10.00. The zero-order valence-corrected chi connectivity index (χ0v) is 28.3. The number of aliphatic hydroxyl groups is 2. The number of benzene rings is 4. The van der Waals surface area contributed by atoms with E-state index >= 15 is 0 Å². The van der Waals surface area contributed by atoms with E-state index in [0.717, 1.165) is 22.3 Å². The molecule has 4 aromatic carbocycles. The summed E-state index contributed by atoms with van der Waals surface area (Å²) in [4.78, 5) is 0. The van der Waals surface area contributed by atoms with Crippen molar-refractivity contribution < 1.29 is 57.6 Å². The number of hydrogen-bond donors (Lipinski definition) is 4. The molecule has 2 atom stereocenters. The average molecular weight is 717 g/mol. The maximum atomic E-state index is 10.8. The molecule has 4 aliphatic heterocycles. The molecule has 0 saturated heterocycles. The zero-order valence-electron chi connectivity index (χ0n) is 28.3. The van der Waals surface area contributed by atoms with E-state index in [1.54, 1.807) is 0 Å². The smallest absolute Gasteiger partial charge is 0.231 e. The molecule has 0 bridgehead atoms. The molecule has 0 radical (unpaired) electrons. The fraction of sp³-hybridized carbons (Fsp3) is 0.368. The number of fused-ring (bicyclic) bond motifs is 4. The van der Waals surface area contributed by atoms with Crippen molar-refractivity contribution in [2.24, 2.45) is 0 Å². The lowest BCUT2D eigenvalue weighted by Gasteiger charge is -2.22. The average Bonchev–Trinajstić information content (AvgIpc) is 4.00. The summed E-state index contributed by atoms with van der Waals surface area (Å²) in [7, 11) is 0. The molecule has 4 heterocycles. The maximum absolute atomic E-state index is 10.8. The quantitative estimate of drug-likeness (QED) is 0.118. The molecule has 0 spiro atoms. The number of aliphatic hydroxyl groups excluding tert-OH is 2. The summed E-state index contributed by atoms with van der Waals surface area (Å²) in [6, 6.07) is 22.7. The molecular formula is C38H40N2O12.